The molecule has 0 fully saturated rings. The molecule has 0 atom stereocenters. The second kappa shape index (κ2) is 7.47. The molecule has 3 rings (SSSR count). The molecule has 2 N–H and O–H groups in total. The van der Waals surface area contributed by atoms with Crippen molar-refractivity contribution in [3.8, 4) is 0 Å². The van der Waals surface area contributed by atoms with Gasteiger partial charge in [-0.25, -0.2) is 4.79 Å². The zero-order valence-corrected chi connectivity index (χ0v) is 13.1. The van der Waals surface area contributed by atoms with Crippen molar-refractivity contribution in [1.82, 2.24) is 4.98 Å². The van der Waals surface area contributed by atoms with E-state index in [4.69, 9.17) is 0 Å². The van der Waals surface area contributed by atoms with Crippen LogP contribution in [-0.4, -0.2) is 11.0 Å². The average Bonchev–Trinajstić information content (AvgIpc) is 2.58. The number of aromatic nitrogens is 1. The quantitative estimate of drug-likeness (QED) is 0.720. The molecule has 5 heteroatoms. The molecule has 2 aromatic carbocycles. The van der Waals surface area contributed by atoms with E-state index < -0.39 is 0 Å². The van der Waals surface area contributed by atoms with Gasteiger partial charge in [0, 0.05) is 27.9 Å². The van der Waals surface area contributed by atoms with Crippen LogP contribution < -0.4 is 10.6 Å². The van der Waals surface area contributed by atoms with Crippen LogP contribution in [0.15, 0.2) is 88.9 Å². The summed E-state index contributed by atoms with van der Waals surface area (Å²) in [5, 5.41) is 5.67. The van der Waals surface area contributed by atoms with E-state index in [9.17, 15) is 4.79 Å². The second-order valence-corrected chi connectivity index (χ2v) is 5.84. The van der Waals surface area contributed by atoms with Crippen molar-refractivity contribution in [2.24, 2.45) is 0 Å². The fraction of sp³-hybridized carbons (Fsp3) is 0. The lowest BCUT2D eigenvalue weighted by molar-refractivity contribution is 0.262. The molecular formula is C18H15N3OS. The van der Waals surface area contributed by atoms with Gasteiger partial charge in [-0.1, -0.05) is 42.1 Å². The van der Waals surface area contributed by atoms with E-state index in [0.717, 1.165) is 15.5 Å². The van der Waals surface area contributed by atoms with Crippen molar-refractivity contribution in [3.63, 3.8) is 0 Å². The molecule has 4 nitrogen and oxygen atoms in total. The minimum absolute atomic E-state index is 0.280. The topological polar surface area (TPSA) is 54.0 Å². The maximum Gasteiger partial charge on any atom is 0.323 e. The van der Waals surface area contributed by atoms with Crippen LogP contribution in [0, 0.1) is 0 Å². The highest BCUT2D eigenvalue weighted by atomic mass is 32.2. The number of anilines is 2. The molecule has 2 amide bonds. The highest BCUT2D eigenvalue weighted by Crippen LogP contribution is 2.33. The van der Waals surface area contributed by atoms with E-state index in [2.05, 4.69) is 15.6 Å². The van der Waals surface area contributed by atoms with Gasteiger partial charge in [0.2, 0.25) is 0 Å². The molecule has 0 aliphatic heterocycles. The molecule has 0 unspecified atom stereocenters. The van der Waals surface area contributed by atoms with E-state index in [1.807, 2.05) is 54.6 Å². The maximum absolute atomic E-state index is 12.1. The molecule has 1 aromatic heterocycles. The van der Waals surface area contributed by atoms with Crippen molar-refractivity contribution in [1.29, 1.82) is 0 Å². The van der Waals surface area contributed by atoms with Gasteiger partial charge in [-0.3, -0.25) is 4.98 Å². The second-order valence-electron chi connectivity index (χ2n) is 4.73. The Morgan fingerprint density at radius 3 is 2.30 bits per heavy atom. The van der Waals surface area contributed by atoms with Gasteiger partial charge < -0.3 is 10.6 Å². The molecule has 0 radical (unpaired) electrons. The van der Waals surface area contributed by atoms with Crippen LogP contribution in [-0.2, 0) is 0 Å². The van der Waals surface area contributed by atoms with Crippen molar-refractivity contribution >= 4 is 29.2 Å². The lowest BCUT2D eigenvalue weighted by Gasteiger charge is -2.11. The molecule has 0 saturated carbocycles. The number of urea groups is 1. The number of carbonyl (C=O) groups excluding carboxylic acids is 1. The van der Waals surface area contributed by atoms with Crippen molar-refractivity contribution in [3.05, 3.63) is 79.1 Å². The normalized spacial score (nSPS) is 10.1. The van der Waals surface area contributed by atoms with Crippen LogP contribution in [0.4, 0.5) is 16.2 Å². The standard InChI is InChI=1S/C18H15N3OS/c22-18(20-14-10-12-19-13-11-14)21-16-8-4-5-9-17(16)23-15-6-2-1-3-7-15/h1-13H,(H2,19,20,21,22). The van der Waals surface area contributed by atoms with Gasteiger partial charge in [-0.15, -0.1) is 0 Å². The number of pyridine rings is 1. The number of nitrogens with one attached hydrogen (secondary N) is 2. The Hall–Kier alpha value is -2.79. The fourth-order valence-electron chi connectivity index (χ4n) is 1.99. The summed E-state index contributed by atoms with van der Waals surface area (Å²) < 4.78 is 0. The van der Waals surface area contributed by atoms with Gasteiger partial charge >= 0.3 is 6.03 Å². The smallest absolute Gasteiger partial charge is 0.308 e. The first-order chi connectivity index (χ1) is 11.3. The number of nitrogens with zero attached hydrogens (tertiary/aromatic N) is 1. The first-order valence-electron chi connectivity index (χ1n) is 7.11. The third-order valence-corrected chi connectivity index (χ3v) is 4.13. The summed E-state index contributed by atoms with van der Waals surface area (Å²) >= 11 is 1.61. The predicted molar refractivity (Wildman–Crippen MR) is 93.9 cm³/mol. The van der Waals surface area contributed by atoms with Crippen LogP contribution in [0.2, 0.25) is 0 Å². The van der Waals surface area contributed by atoms with Crippen LogP contribution in [0.3, 0.4) is 0 Å². The summed E-state index contributed by atoms with van der Waals surface area (Å²) in [6, 6.07) is 21.0. The molecule has 0 aliphatic carbocycles. The summed E-state index contributed by atoms with van der Waals surface area (Å²) in [5.74, 6) is 0. The van der Waals surface area contributed by atoms with Crippen molar-refractivity contribution < 1.29 is 4.79 Å². The minimum atomic E-state index is -0.280. The van der Waals surface area contributed by atoms with Crippen LogP contribution in [0.5, 0.6) is 0 Å². The lowest BCUT2D eigenvalue weighted by Crippen LogP contribution is -2.19. The molecule has 23 heavy (non-hydrogen) atoms. The van der Waals surface area contributed by atoms with Crippen LogP contribution in [0.1, 0.15) is 0 Å². The van der Waals surface area contributed by atoms with Gasteiger partial charge in [0.15, 0.2) is 0 Å². The highest BCUT2D eigenvalue weighted by Gasteiger charge is 2.08. The summed E-state index contributed by atoms with van der Waals surface area (Å²) in [4.78, 5) is 18.2. The Morgan fingerprint density at radius 2 is 1.52 bits per heavy atom. The van der Waals surface area contributed by atoms with Crippen LogP contribution in [0.25, 0.3) is 0 Å². The maximum atomic E-state index is 12.1. The minimum Gasteiger partial charge on any atom is -0.308 e. The SMILES string of the molecule is O=C(Nc1ccncc1)Nc1ccccc1Sc1ccccc1. The summed E-state index contributed by atoms with van der Waals surface area (Å²) in [6.07, 6.45) is 3.27. The molecular weight excluding hydrogens is 306 g/mol. The Labute approximate surface area is 139 Å². The lowest BCUT2D eigenvalue weighted by atomic mass is 10.3. The van der Waals surface area contributed by atoms with Gasteiger partial charge in [0.25, 0.3) is 0 Å². The summed E-state index contributed by atoms with van der Waals surface area (Å²) in [6.45, 7) is 0. The molecule has 0 spiro atoms. The van der Waals surface area contributed by atoms with E-state index in [1.165, 1.54) is 0 Å². The molecule has 0 bridgehead atoms. The first-order valence-corrected chi connectivity index (χ1v) is 7.93. The number of rotatable bonds is 4. The zero-order valence-electron chi connectivity index (χ0n) is 12.3. The van der Waals surface area contributed by atoms with Gasteiger partial charge in [0.1, 0.15) is 0 Å². The monoisotopic (exact) mass is 321 g/mol. The third-order valence-electron chi connectivity index (χ3n) is 3.04. The molecule has 0 aliphatic rings. The van der Waals surface area contributed by atoms with E-state index >= 15 is 0 Å². The Bertz CT molecular complexity index is 779. The molecule has 0 saturated heterocycles. The summed E-state index contributed by atoms with van der Waals surface area (Å²) in [7, 11) is 0. The van der Waals surface area contributed by atoms with Crippen molar-refractivity contribution in [2.45, 2.75) is 9.79 Å². The number of para-hydroxylation sites is 1. The van der Waals surface area contributed by atoms with Gasteiger partial charge in [-0.2, -0.15) is 0 Å². The number of carbonyl (C=O) groups is 1. The van der Waals surface area contributed by atoms with E-state index in [-0.39, 0.29) is 6.03 Å². The van der Waals surface area contributed by atoms with Gasteiger partial charge in [-0.05, 0) is 36.4 Å². The van der Waals surface area contributed by atoms with E-state index in [1.54, 1.807) is 36.3 Å². The number of hydrogen-bond donors (Lipinski definition) is 2. The Morgan fingerprint density at radius 1 is 0.826 bits per heavy atom. The molecule has 114 valence electrons. The van der Waals surface area contributed by atoms with Crippen LogP contribution >= 0.6 is 11.8 Å². The molecule has 3 aromatic rings. The highest BCUT2D eigenvalue weighted by molar-refractivity contribution is 7.99. The van der Waals surface area contributed by atoms with Crippen molar-refractivity contribution in [2.75, 3.05) is 10.6 Å². The number of amides is 2. The van der Waals surface area contributed by atoms with E-state index in [0.29, 0.717) is 5.69 Å². The number of benzene rings is 2. The number of hydrogen-bond acceptors (Lipinski definition) is 3. The molecule has 1 heterocycles. The first kappa shape index (κ1) is 15.1. The third kappa shape index (κ3) is 4.34. The largest absolute Gasteiger partial charge is 0.323 e. The summed E-state index contributed by atoms with van der Waals surface area (Å²) in [5.41, 5.74) is 1.47. The Kier molecular flexibility index (Phi) is 4.91. The average molecular weight is 321 g/mol. The van der Waals surface area contributed by atoms with Gasteiger partial charge in [0.05, 0.1) is 5.69 Å². The Balaban J connectivity index is 1.71. The fourth-order valence-corrected chi connectivity index (χ4v) is 2.92. The predicted octanol–water partition coefficient (Wildman–Crippen LogP) is 4.88. The zero-order chi connectivity index (χ0) is 15.9.